The minimum absolute atomic E-state index is 0.673. The van der Waals surface area contributed by atoms with Crippen molar-refractivity contribution in [3.05, 3.63) is 83.0 Å². The summed E-state index contributed by atoms with van der Waals surface area (Å²) in [5, 5.41) is 0. The van der Waals surface area contributed by atoms with Crippen molar-refractivity contribution in [2.45, 2.75) is 98.8 Å². The fourth-order valence-corrected chi connectivity index (χ4v) is 6.32. The summed E-state index contributed by atoms with van der Waals surface area (Å²) in [6.45, 7) is 20.3. The molecule has 0 heteroatoms. The zero-order valence-electron chi connectivity index (χ0n) is 22.8. The van der Waals surface area contributed by atoms with Crippen LogP contribution in [0.5, 0.6) is 0 Å². The molecule has 0 saturated heterocycles. The van der Waals surface area contributed by atoms with Gasteiger partial charge in [-0.2, -0.15) is 0 Å². The third-order valence-electron chi connectivity index (χ3n) is 8.52. The third-order valence-corrected chi connectivity index (χ3v) is 8.52. The van der Waals surface area contributed by atoms with Crippen LogP contribution in [-0.2, 0) is 6.42 Å². The predicted molar refractivity (Wildman–Crippen MR) is 151 cm³/mol. The van der Waals surface area contributed by atoms with Crippen molar-refractivity contribution >= 4 is 0 Å². The second kappa shape index (κ2) is 12.8. The Kier molecular flexibility index (Phi) is 10.0. The van der Waals surface area contributed by atoms with Gasteiger partial charge in [0.2, 0.25) is 0 Å². The Morgan fingerprint density at radius 3 is 2.38 bits per heavy atom. The summed E-state index contributed by atoms with van der Waals surface area (Å²) >= 11 is 0. The van der Waals surface area contributed by atoms with Gasteiger partial charge in [-0.25, -0.2) is 0 Å². The fraction of sp³-hybridized carbons (Fsp3) is 0.588. The highest BCUT2D eigenvalue weighted by molar-refractivity contribution is 5.30. The number of benzene rings is 1. The highest BCUT2D eigenvalue weighted by atomic mass is 14.3. The molecule has 0 aromatic heterocycles. The van der Waals surface area contributed by atoms with Crippen molar-refractivity contribution in [3.63, 3.8) is 0 Å². The minimum Gasteiger partial charge on any atom is -0.0995 e. The van der Waals surface area contributed by atoms with E-state index in [1.165, 1.54) is 79.2 Å². The van der Waals surface area contributed by atoms with E-state index in [1.807, 2.05) is 0 Å². The molecular weight excluding hydrogens is 408 g/mol. The number of allylic oxidation sites excluding steroid dienone is 6. The Morgan fingerprint density at radius 2 is 1.71 bits per heavy atom. The molecule has 186 valence electrons. The van der Waals surface area contributed by atoms with Crippen LogP contribution in [0.1, 0.15) is 95.2 Å². The van der Waals surface area contributed by atoms with E-state index in [1.54, 1.807) is 5.56 Å². The van der Waals surface area contributed by atoms with Crippen molar-refractivity contribution in [2.24, 2.45) is 29.6 Å². The maximum absolute atomic E-state index is 4.46. The summed E-state index contributed by atoms with van der Waals surface area (Å²) < 4.78 is 0. The Labute approximate surface area is 211 Å². The molecule has 0 nitrogen and oxygen atoms in total. The van der Waals surface area contributed by atoms with Crippen LogP contribution in [0.25, 0.3) is 0 Å². The summed E-state index contributed by atoms with van der Waals surface area (Å²) in [5.74, 6) is 3.83. The first-order chi connectivity index (χ1) is 16.2. The molecule has 0 heterocycles. The quantitative estimate of drug-likeness (QED) is 0.289. The van der Waals surface area contributed by atoms with Gasteiger partial charge < -0.3 is 0 Å². The highest BCUT2D eigenvalue weighted by Gasteiger charge is 2.23. The van der Waals surface area contributed by atoms with Gasteiger partial charge in [0, 0.05) is 0 Å². The SMILES string of the molecule is C=C(CCC(C)CC1C=CC(C)=CC1C)CC(=C)CC1CCC(Cc2ccc(C)cc2C)CC1. The molecule has 0 amide bonds. The van der Waals surface area contributed by atoms with E-state index in [2.05, 4.69) is 84.2 Å². The molecule has 3 rings (SSSR count). The molecule has 0 bridgehead atoms. The number of rotatable bonds is 11. The van der Waals surface area contributed by atoms with Gasteiger partial charge in [-0.05, 0) is 126 Å². The molecule has 1 aromatic carbocycles. The van der Waals surface area contributed by atoms with Gasteiger partial charge in [-0.15, -0.1) is 0 Å². The summed E-state index contributed by atoms with van der Waals surface area (Å²) in [5.41, 5.74) is 8.63. The zero-order valence-corrected chi connectivity index (χ0v) is 22.8. The lowest BCUT2D eigenvalue weighted by Crippen LogP contribution is -2.17. The van der Waals surface area contributed by atoms with Crippen molar-refractivity contribution < 1.29 is 0 Å². The molecule has 1 saturated carbocycles. The van der Waals surface area contributed by atoms with Crippen LogP contribution in [0.4, 0.5) is 0 Å². The monoisotopic (exact) mass is 458 g/mol. The van der Waals surface area contributed by atoms with Crippen LogP contribution in [0.2, 0.25) is 0 Å². The summed E-state index contributed by atoms with van der Waals surface area (Å²) in [6, 6.07) is 6.97. The lowest BCUT2D eigenvalue weighted by molar-refractivity contribution is 0.271. The number of aryl methyl sites for hydroxylation is 2. The fourth-order valence-electron chi connectivity index (χ4n) is 6.32. The summed E-state index contributed by atoms with van der Waals surface area (Å²) in [6.07, 6.45) is 19.9. The van der Waals surface area contributed by atoms with Crippen molar-refractivity contribution in [1.29, 1.82) is 0 Å². The lowest BCUT2D eigenvalue weighted by atomic mass is 9.76. The normalized spacial score (nSPS) is 25.6. The molecule has 0 spiro atoms. The lowest BCUT2D eigenvalue weighted by Gasteiger charge is -2.29. The van der Waals surface area contributed by atoms with Gasteiger partial charge in [0.25, 0.3) is 0 Å². The van der Waals surface area contributed by atoms with Crippen molar-refractivity contribution in [1.82, 2.24) is 0 Å². The molecule has 34 heavy (non-hydrogen) atoms. The van der Waals surface area contributed by atoms with E-state index in [4.69, 9.17) is 0 Å². The standard InChI is InChI=1S/C34H50/c1-24(8-9-27(4)22-33-16-10-25(2)19-29(33)6)18-28(5)21-31-12-14-32(15-13-31)23-34-17-11-26(3)20-30(34)7/h10-11,16-17,19-20,27,29,31-33H,1,5,8-9,12-15,18,21-23H2,2-4,6-7H3. The van der Waals surface area contributed by atoms with Crippen LogP contribution in [0.3, 0.4) is 0 Å². The molecule has 0 N–H and O–H groups in total. The Hall–Kier alpha value is -1.82. The Balaban J connectivity index is 1.31. The van der Waals surface area contributed by atoms with E-state index in [-0.39, 0.29) is 0 Å². The average Bonchev–Trinajstić information content (AvgIpc) is 2.77. The second-order valence-electron chi connectivity index (χ2n) is 12.1. The molecule has 3 unspecified atom stereocenters. The van der Waals surface area contributed by atoms with Gasteiger partial charge in [0.15, 0.2) is 0 Å². The molecule has 0 aliphatic heterocycles. The number of hydrogen-bond acceptors (Lipinski definition) is 0. The molecule has 2 aliphatic carbocycles. The molecule has 0 radical (unpaired) electrons. The van der Waals surface area contributed by atoms with Crippen LogP contribution in [0, 0.1) is 43.4 Å². The first-order valence-corrected chi connectivity index (χ1v) is 14.0. The second-order valence-corrected chi connectivity index (χ2v) is 12.1. The summed E-state index contributed by atoms with van der Waals surface area (Å²) in [7, 11) is 0. The zero-order chi connectivity index (χ0) is 24.7. The smallest absolute Gasteiger partial charge is 0.0114 e. The topological polar surface area (TPSA) is 0 Å². The molecule has 2 aliphatic rings. The van der Waals surface area contributed by atoms with E-state index < -0.39 is 0 Å². The van der Waals surface area contributed by atoms with E-state index in [0.717, 1.165) is 30.6 Å². The van der Waals surface area contributed by atoms with Gasteiger partial charge in [0.05, 0.1) is 0 Å². The Bertz CT molecular complexity index is 887. The predicted octanol–water partition coefficient (Wildman–Crippen LogP) is 10.1. The highest BCUT2D eigenvalue weighted by Crippen LogP contribution is 2.36. The van der Waals surface area contributed by atoms with Crippen LogP contribution in [0.15, 0.2) is 66.3 Å². The average molecular weight is 459 g/mol. The maximum Gasteiger partial charge on any atom is -0.0114 e. The van der Waals surface area contributed by atoms with Crippen molar-refractivity contribution in [2.75, 3.05) is 0 Å². The van der Waals surface area contributed by atoms with E-state index >= 15 is 0 Å². The number of hydrogen-bond donors (Lipinski definition) is 0. The van der Waals surface area contributed by atoms with Crippen LogP contribution >= 0.6 is 0 Å². The first kappa shape index (κ1) is 26.8. The van der Waals surface area contributed by atoms with Crippen molar-refractivity contribution in [3.8, 4) is 0 Å². The largest absolute Gasteiger partial charge is 0.0995 e. The molecule has 1 fully saturated rings. The molecule has 3 atom stereocenters. The summed E-state index contributed by atoms with van der Waals surface area (Å²) in [4.78, 5) is 0. The Morgan fingerprint density at radius 1 is 1.00 bits per heavy atom. The first-order valence-electron chi connectivity index (χ1n) is 14.0. The van der Waals surface area contributed by atoms with Crippen LogP contribution in [-0.4, -0.2) is 0 Å². The van der Waals surface area contributed by atoms with Gasteiger partial charge >= 0.3 is 0 Å². The van der Waals surface area contributed by atoms with Crippen LogP contribution < -0.4 is 0 Å². The van der Waals surface area contributed by atoms with Gasteiger partial charge in [0.1, 0.15) is 0 Å². The van der Waals surface area contributed by atoms with E-state index in [9.17, 15) is 0 Å². The third kappa shape index (κ3) is 8.44. The van der Waals surface area contributed by atoms with Gasteiger partial charge in [-0.3, -0.25) is 0 Å². The molecule has 1 aromatic rings. The van der Waals surface area contributed by atoms with Gasteiger partial charge in [-0.1, -0.05) is 85.7 Å². The maximum atomic E-state index is 4.46. The van der Waals surface area contributed by atoms with E-state index in [0.29, 0.717) is 11.8 Å². The minimum atomic E-state index is 0.673. The molecular formula is C34H50.